The second-order valence-corrected chi connectivity index (χ2v) is 3.53. The van der Waals surface area contributed by atoms with Crippen molar-refractivity contribution in [3.8, 4) is 5.75 Å². The van der Waals surface area contributed by atoms with Gasteiger partial charge in [0, 0.05) is 0 Å². The van der Waals surface area contributed by atoms with E-state index >= 15 is 0 Å². The number of carbonyl (C=O) groups excluding carboxylic acids is 1. The zero-order chi connectivity index (χ0) is 11.4. The highest BCUT2D eigenvalue weighted by atomic mass is 16.5. The van der Waals surface area contributed by atoms with Gasteiger partial charge in [0.25, 0.3) is 0 Å². The summed E-state index contributed by atoms with van der Waals surface area (Å²) in [6.07, 6.45) is -0.471. The van der Waals surface area contributed by atoms with E-state index in [2.05, 4.69) is 0 Å². The van der Waals surface area contributed by atoms with Crippen LogP contribution in [0, 0.1) is 13.8 Å². The fraction of sp³-hybridized carbons (Fsp3) is 0.417. The molecule has 0 saturated carbocycles. The number of hydrogen-bond acceptors (Lipinski definition) is 3. The van der Waals surface area contributed by atoms with Crippen molar-refractivity contribution in [1.82, 2.24) is 0 Å². The molecule has 0 aliphatic rings. The molecule has 82 valence electrons. The first kappa shape index (κ1) is 11.6. The number of aryl methyl sites for hydroxylation is 1. The topological polar surface area (TPSA) is 49.4 Å². The lowest BCUT2D eigenvalue weighted by Gasteiger charge is -2.20. The standard InChI is InChI=1S/C12H16O3/c1-4-10(12(13)14)15-11-7-5-6-8(2)9(11)3/h5-7,10H,4H2,1-3H3,(H,13,14)/p-1/t10-/m0/s1. The molecule has 0 saturated heterocycles. The second kappa shape index (κ2) is 4.82. The fourth-order valence-corrected chi connectivity index (χ4v) is 1.30. The van der Waals surface area contributed by atoms with Crippen LogP contribution in [0.15, 0.2) is 18.2 Å². The Morgan fingerprint density at radius 1 is 1.47 bits per heavy atom. The number of carbonyl (C=O) groups is 1. The Bertz CT molecular complexity index is 358. The molecule has 1 aromatic rings. The van der Waals surface area contributed by atoms with Gasteiger partial charge in [-0.15, -0.1) is 0 Å². The molecule has 0 unspecified atom stereocenters. The maximum atomic E-state index is 10.7. The molecule has 0 N–H and O–H groups in total. The molecule has 0 fully saturated rings. The van der Waals surface area contributed by atoms with Crippen LogP contribution in [0.25, 0.3) is 0 Å². The van der Waals surface area contributed by atoms with Gasteiger partial charge in [0.15, 0.2) is 0 Å². The minimum Gasteiger partial charge on any atom is -0.546 e. The third-order valence-electron chi connectivity index (χ3n) is 2.46. The molecular formula is C12H15O3-. The van der Waals surface area contributed by atoms with E-state index in [4.69, 9.17) is 4.74 Å². The van der Waals surface area contributed by atoms with Crippen LogP contribution in [-0.4, -0.2) is 12.1 Å². The van der Waals surface area contributed by atoms with Crippen molar-refractivity contribution in [3.63, 3.8) is 0 Å². The van der Waals surface area contributed by atoms with Crippen LogP contribution >= 0.6 is 0 Å². The smallest absolute Gasteiger partial charge is 0.138 e. The van der Waals surface area contributed by atoms with E-state index in [0.717, 1.165) is 11.1 Å². The van der Waals surface area contributed by atoms with Crippen LogP contribution in [0.1, 0.15) is 24.5 Å². The largest absolute Gasteiger partial charge is 0.546 e. The van der Waals surface area contributed by atoms with Crippen LogP contribution in [0.2, 0.25) is 0 Å². The summed E-state index contributed by atoms with van der Waals surface area (Å²) in [6.45, 7) is 5.63. The van der Waals surface area contributed by atoms with E-state index in [1.165, 1.54) is 0 Å². The van der Waals surface area contributed by atoms with Crippen molar-refractivity contribution in [2.24, 2.45) is 0 Å². The molecule has 1 rings (SSSR count). The van der Waals surface area contributed by atoms with Gasteiger partial charge in [0.05, 0.1) is 5.97 Å². The molecule has 0 aliphatic heterocycles. The molecule has 0 aromatic heterocycles. The summed E-state index contributed by atoms with van der Waals surface area (Å²) in [5.41, 5.74) is 2.05. The van der Waals surface area contributed by atoms with Crippen LogP contribution in [-0.2, 0) is 4.79 Å². The maximum absolute atomic E-state index is 10.7. The molecule has 1 atom stereocenters. The molecule has 3 heteroatoms. The van der Waals surface area contributed by atoms with Crippen LogP contribution in [0.3, 0.4) is 0 Å². The third kappa shape index (κ3) is 2.72. The number of carboxylic acids is 1. The molecule has 1 aromatic carbocycles. The molecule has 0 amide bonds. The van der Waals surface area contributed by atoms with Gasteiger partial charge in [0.1, 0.15) is 11.9 Å². The predicted octanol–water partition coefficient (Wildman–Crippen LogP) is 1.21. The Morgan fingerprint density at radius 3 is 2.67 bits per heavy atom. The molecular weight excluding hydrogens is 192 g/mol. The van der Waals surface area contributed by atoms with Gasteiger partial charge >= 0.3 is 0 Å². The monoisotopic (exact) mass is 207 g/mol. The van der Waals surface area contributed by atoms with Crippen molar-refractivity contribution in [2.75, 3.05) is 0 Å². The van der Waals surface area contributed by atoms with E-state index in [9.17, 15) is 9.90 Å². The van der Waals surface area contributed by atoms with E-state index in [-0.39, 0.29) is 0 Å². The molecule has 0 radical (unpaired) electrons. The van der Waals surface area contributed by atoms with E-state index in [0.29, 0.717) is 12.2 Å². The average Bonchev–Trinajstić information content (AvgIpc) is 2.19. The molecule has 0 spiro atoms. The van der Waals surface area contributed by atoms with E-state index in [1.54, 1.807) is 13.0 Å². The van der Waals surface area contributed by atoms with Crippen LogP contribution in [0.5, 0.6) is 5.75 Å². The Balaban J connectivity index is 2.88. The third-order valence-corrected chi connectivity index (χ3v) is 2.46. The molecule has 0 heterocycles. The van der Waals surface area contributed by atoms with Gasteiger partial charge in [-0.3, -0.25) is 0 Å². The first-order chi connectivity index (χ1) is 7.06. The summed E-state index contributed by atoms with van der Waals surface area (Å²) in [5, 5.41) is 10.7. The number of hydrogen-bond donors (Lipinski definition) is 0. The lowest BCUT2D eigenvalue weighted by molar-refractivity contribution is -0.313. The predicted molar refractivity (Wildman–Crippen MR) is 55.6 cm³/mol. The second-order valence-electron chi connectivity index (χ2n) is 3.53. The normalized spacial score (nSPS) is 12.2. The first-order valence-electron chi connectivity index (χ1n) is 5.00. The summed E-state index contributed by atoms with van der Waals surface area (Å²) < 4.78 is 5.37. The Hall–Kier alpha value is -1.51. The van der Waals surface area contributed by atoms with Gasteiger partial charge in [-0.1, -0.05) is 19.1 Å². The SMILES string of the molecule is CC[C@H](Oc1cccc(C)c1C)C(=O)[O-]. The Kier molecular flexibility index (Phi) is 3.72. The summed E-state index contributed by atoms with van der Waals surface area (Å²) in [4.78, 5) is 10.7. The van der Waals surface area contributed by atoms with Gasteiger partial charge in [-0.25, -0.2) is 0 Å². The minimum absolute atomic E-state index is 0.399. The first-order valence-corrected chi connectivity index (χ1v) is 5.00. The number of rotatable bonds is 4. The van der Waals surface area contributed by atoms with Crippen LogP contribution in [0.4, 0.5) is 0 Å². The Morgan fingerprint density at radius 2 is 2.13 bits per heavy atom. The van der Waals surface area contributed by atoms with Crippen molar-refractivity contribution in [2.45, 2.75) is 33.3 Å². The molecule has 0 aliphatic carbocycles. The number of benzene rings is 1. The Labute approximate surface area is 89.7 Å². The summed E-state index contributed by atoms with van der Waals surface area (Å²) in [6, 6.07) is 5.58. The molecule has 3 nitrogen and oxygen atoms in total. The lowest BCUT2D eigenvalue weighted by Crippen LogP contribution is -2.39. The highest BCUT2D eigenvalue weighted by molar-refractivity contribution is 5.70. The maximum Gasteiger partial charge on any atom is 0.138 e. The van der Waals surface area contributed by atoms with Crippen molar-refractivity contribution in [3.05, 3.63) is 29.3 Å². The summed E-state index contributed by atoms with van der Waals surface area (Å²) in [7, 11) is 0. The van der Waals surface area contributed by atoms with Crippen molar-refractivity contribution in [1.29, 1.82) is 0 Å². The minimum atomic E-state index is -1.17. The highest BCUT2D eigenvalue weighted by Gasteiger charge is 2.11. The van der Waals surface area contributed by atoms with E-state index < -0.39 is 12.1 Å². The summed E-state index contributed by atoms with van der Waals surface area (Å²) >= 11 is 0. The molecule has 15 heavy (non-hydrogen) atoms. The van der Waals surface area contributed by atoms with Gasteiger partial charge in [0.2, 0.25) is 0 Å². The quantitative estimate of drug-likeness (QED) is 0.745. The van der Waals surface area contributed by atoms with Crippen LogP contribution < -0.4 is 9.84 Å². The number of ether oxygens (including phenoxy) is 1. The zero-order valence-corrected chi connectivity index (χ0v) is 9.24. The average molecular weight is 207 g/mol. The highest BCUT2D eigenvalue weighted by Crippen LogP contribution is 2.22. The lowest BCUT2D eigenvalue weighted by atomic mass is 10.1. The van der Waals surface area contributed by atoms with E-state index in [1.807, 2.05) is 26.0 Å². The zero-order valence-electron chi connectivity index (χ0n) is 9.24. The van der Waals surface area contributed by atoms with Gasteiger partial charge < -0.3 is 14.6 Å². The van der Waals surface area contributed by atoms with Gasteiger partial charge in [-0.05, 0) is 37.5 Å². The number of aliphatic carboxylic acids is 1. The van der Waals surface area contributed by atoms with Crippen molar-refractivity contribution >= 4 is 5.97 Å². The van der Waals surface area contributed by atoms with Crippen molar-refractivity contribution < 1.29 is 14.6 Å². The fourth-order valence-electron chi connectivity index (χ4n) is 1.30. The number of carboxylic acid groups (broad SMARTS) is 1. The van der Waals surface area contributed by atoms with Gasteiger partial charge in [-0.2, -0.15) is 0 Å². The summed E-state index contributed by atoms with van der Waals surface area (Å²) in [5.74, 6) is -0.551. The molecule has 0 bridgehead atoms.